The third kappa shape index (κ3) is 4.55. The Hall–Kier alpha value is -3.98. The molecule has 34 heavy (non-hydrogen) atoms. The molecular weight excluding hydrogens is 440 g/mol. The van der Waals surface area contributed by atoms with Crippen LogP contribution in [0.15, 0.2) is 15.8 Å². The number of nitrogen functional groups attached to an aromatic ring is 1. The average molecular weight is 469 g/mol. The number of anilines is 2. The quantitative estimate of drug-likeness (QED) is 0.462. The number of rotatable bonds is 9. The van der Waals surface area contributed by atoms with E-state index in [0.717, 1.165) is 11.3 Å². The van der Waals surface area contributed by atoms with Crippen molar-refractivity contribution in [2.45, 2.75) is 46.6 Å². The van der Waals surface area contributed by atoms with Crippen LogP contribution < -0.4 is 21.9 Å². The fraction of sp³-hybridized carbons (Fsp3) is 0.455. The summed E-state index contributed by atoms with van der Waals surface area (Å²) in [7, 11) is 1.49. The van der Waals surface area contributed by atoms with Crippen molar-refractivity contribution in [3.63, 3.8) is 0 Å². The van der Waals surface area contributed by atoms with Crippen LogP contribution in [0.3, 0.4) is 0 Å². The summed E-state index contributed by atoms with van der Waals surface area (Å²) in [5.41, 5.74) is 7.88. The van der Waals surface area contributed by atoms with Gasteiger partial charge in [-0.2, -0.15) is 10.4 Å². The highest BCUT2D eigenvalue weighted by atomic mass is 16.5. The zero-order valence-corrected chi connectivity index (χ0v) is 19.7. The number of amides is 1. The van der Waals surface area contributed by atoms with Gasteiger partial charge in [-0.1, -0.05) is 6.92 Å². The van der Waals surface area contributed by atoms with E-state index in [1.807, 2.05) is 20.8 Å². The highest BCUT2D eigenvalue weighted by Crippen LogP contribution is 2.21. The number of aromatic nitrogens is 5. The molecule has 0 saturated carbocycles. The van der Waals surface area contributed by atoms with Gasteiger partial charge in [-0.15, -0.1) is 0 Å². The van der Waals surface area contributed by atoms with Crippen LogP contribution in [-0.2, 0) is 22.5 Å². The molecule has 3 rings (SSSR count). The molecule has 1 amide bonds. The van der Waals surface area contributed by atoms with Gasteiger partial charge in [0.2, 0.25) is 5.91 Å². The van der Waals surface area contributed by atoms with Crippen LogP contribution >= 0.6 is 0 Å². The van der Waals surface area contributed by atoms with Gasteiger partial charge in [0.1, 0.15) is 17.5 Å². The monoisotopic (exact) mass is 468 g/mol. The molecule has 0 atom stereocenters. The second-order valence-corrected chi connectivity index (χ2v) is 7.85. The molecule has 0 fully saturated rings. The number of carbonyl (C=O) groups is 1. The van der Waals surface area contributed by atoms with Gasteiger partial charge in [0.15, 0.2) is 11.3 Å². The lowest BCUT2D eigenvalue weighted by Crippen LogP contribution is -2.42. The molecular formula is C22H28N8O4. The largest absolute Gasteiger partial charge is 0.383 e. The average Bonchev–Trinajstić information content (AvgIpc) is 3.21. The molecule has 3 heterocycles. The van der Waals surface area contributed by atoms with E-state index in [9.17, 15) is 19.6 Å². The van der Waals surface area contributed by atoms with E-state index in [2.05, 4.69) is 21.1 Å². The summed E-state index contributed by atoms with van der Waals surface area (Å²) in [6.45, 7) is 6.10. The Morgan fingerprint density at radius 3 is 2.74 bits per heavy atom. The number of nitrogens with zero attached hydrogens (tertiary/aromatic N) is 6. The minimum absolute atomic E-state index is 0.0523. The van der Waals surface area contributed by atoms with Crippen LogP contribution in [0.5, 0.6) is 0 Å². The number of nitrogens with one attached hydrogen (secondary N) is 1. The van der Waals surface area contributed by atoms with Gasteiger partial charge in [0.25, 0.3) is 5.56 Å². The molecule has 0 aromatic carbocycles. The molecule has 0 aliphatic heterocycles. The Bertz CT molecular complexity index is 1380. The minimum Gasteiger partial charge on any atom is -0.383 e. The standard InChI is InChI=1S/C22H28N8O4/c1-5-8-29-19(24)18(21(32)27-22(29)33)28(9-10-34-4)17(31)7-6-16-13(2)26-20-15(11-23)12-25-30(20)14(16)3/h12H,5-10,24H2,1-4H3,(H,27,32,33). The number of hydrogen-bond donors (Lipinski definition) is 2. The maximum atomic E-state index is 13.3. The topological polar surface area (TPSA) is 164 Å². The summed E-state index contributed by atoms with van der Waals surface area (Å²) in [4.78, 5) is 46.2. The van der Waals surface area contributed by atoms with Crippen molar-refractivity contribution in [2.24, 2.45) is 0 Å². The minimum atomic E-state index is -0.727. The molecule has 0 spiro atoms. The molecule has 12 heteroatoms. The van der Waals surface area contributed by atoms with Gasteiger partial charge in [-0.3, -0.25) is 19.1 Å². The molecule has 3 N–H and O–H groups in total. The SMILES string of the molecule is CCCn1c(N)c(N(CCOC)C(=O)CCc2c(C)nc3c(C#N)cnn3c2C)c(=O)[nH]c1=O. The Morgan fingerprint density at radius 1 is 1.35 bits per heavy atom. The lowest BCUT2D eigenvalue weighted by Gasteiger charge is -2.24. The van der Waals surface area contributed by atoms with Crippen LogP contribution in [0.4, 0.5) is 11.5 Å². The first-order chi connectivity index (χ1) is 16.2. The van der Waals surface area contributed by atoms with Crippen LogP contribution in [0, 0.1) is 25.2 Å². The molecule has 0 aliphatic rings. The van der Waals surface area contributed by atoms with Crippen LogP contribution in [0.2, 0.25) is 0 Å². The molecule has 3 aromatic rings. The predicted molar refractivity (Wildman–Crippen MR) is 126 cm³/mol. The first kappa shape index (κ1) is 24.7. The third-order valence-corrected chi connectivity index (χ3v) is 5.67. The normalized spacial score (nSPS) is 11.0. The van der Waals surface area contributed by atoms with Gasteiger partial charge < -0.3 is 15.4 Å². The second-order valence-electron chi connectivity index (χ2n) is 7.85. The smallest absolute Gasteiger partial charge is 0.330 e. The lowest BCUT2D eigenvalue weighted by atomic mass is 10.1. The molecule has 0 bridgehead atoms. The second kappa shape index (κ2) is 10.3. The zero-order valence-electron chi connectivity index (χ0n) is 19.7. The van der Waals surface area contributed by atoms with E-state index in [-0.39, 0.29) is 37.0 Å². The summed E-state index contributed by atoms with van der Waals surface area (Å²) < 4.78 is 7.96. The number of carbonyl (C=O) groups excluding carboxylic acids is 1. The maximum absolute atomic E-state index is 13.3. The Morgan fingerprint density at radius 2 is 2.09 bits per heavy atom. The highest BCUT2D eigenvalue weighted by molar-refractivity contribution is 5.95. The number of hydrogen-bond acceptors (Lipinski definition) is 8. The van der Waals surface area contributed by atoms with Crippen molar-refractivity contribution in [1.29, 1.82) is 5.26 Å². The number of H-pyrrole nitrogens is 1. The summed E-state index contributed by atoms with van der Waals surface area (Å²) in [5, 5.41) is 13.5. The Balaban J connectivity index is 1.96. The predicted octanol–water partition coefficient (Wildman–Crippen LogP) is 0.672. The van der Waals surface area contributed by atoms with Gasteiger partial charge in [0, 0.05) is 38.0 Å². The lowest BCUT2D eigenvalue weighted by molar-refractivity contribution is -0.118. The van der Waals surface area contributed by atoms with E-state index in [0.29, 0.717) is 36.3 Å². The molecule has 12 nitrogen and oxygen atoms in total. The van der Waals surface area contributed by atoms with Crippen molar-refractivity contribution in [1.82, 2.24) is 24.1 Å². The fourth-order valence-corrected chi connectivity index (χ4v) is 3.95. The highest BCUT2D eigenvalue weighted by Gasteiger charge is 2.24. The van der Waals surface area contributed by atoms with Gasteiger partial charge in [-0.05, 0) is 32.3 Å². The number of nitrogens with two attached hydrogens (primary N) is 1. The number of fused-ring (bicyclic) bond motifs is 1. The van der Waals surface area contributed by atoms with Crippen molar-refractivity contribution >= 4 is 23.1 Å². The van der Waals surface area contributed by atoms with Gasteiger partial charge in [-0.25, -0.2) is 14.3 Å². The summed E-state index contributed by atoms with van der Waals surface area (Å²) in [5.74, 6) is -0.413. The number of aromatic amines is 1. The van der Waals surface area contributed by atoms with Crippen molar-refractivity contribution in [3.8, 4) is 6.07 Å². The summed E-state index contributed by atoms with van der Waals surface area (Å²) in [6.07, 6.45) is 2.46. The number of methoxy groups -OCH3 is 1. The number of nitriles is 1. The Kier molecular flexibility index (Phi) is 7.47. The van der Waals surface area contributed by atoms with Gasteiger partial charge >= 0.3 is 5.69 Å². The molecule has 0 unspecified atom stereocenters. The van der Waals surface area contributed by atoms with Crippen molar-refractivity contribution < 1.29 is 9.53 Å². The van der Waals surface area contributed by atoms with Crippen molar-refractivity contribution in [2.75, 3.05) is 30.9 Å². The van der Waals surface area contributed by atoms with E-state index < -0.39 is 11.2 Å². The van der Waals surface area contributed by atoms with Gasteiger partial charge in [0.05, 0.1) is 12.8 Å². The number of ether oxygens (including phenoxy) is 1. The molecule has 180 valence electrons. The summed E-state index contributed by atoms with van der Waals surface area (Å²) >= 11 is 0. The molecule has 0 aliphatic carbocycles. The van der Waals surface area contributed by atoms with Crippen molar-refractivity contribution in [3.05, 3.63) is 49.5 Å². The fourth-order valence-electron chi connectivity index (χ4n) is 3.95. The van der Waals surface area contributed by atoms with E-state index in [1.165, 1.54) is 22.8 Å². The third-order valence-electron chi connectivity index (χ3n) is 5.67. The molecule has 0 radical (unpaired) electrons. The number of aryl methyl sites for hydroxylation is 2. The summed E-state index contributed by atoms with van der Waals surface area (Å²) in [6, 6.07) is 2.07. The zero-order chi connectivity index (χ0) is 25.0. The Labute approximate surface area is 195 Å². The van der Waals surface area contributed by atoms with E-state index in [4.69, 9.17) is 10.5 Å². The van der Waals surface area contributed by atoms with Crippen LogP contribution in [0.25, 0.3) is 5.65 Å². The maximum Gasteiger partial charge on any atom is 0.330 e. The van der Waals surface area contributed by atoms with Crippen LogP contribution in [0.1, 0.15) is 42.3 Å². The van der Waals surface area contributed by atoms with Crippen LogP contribution in [-0.4, -0.2) is 50.3 Å². The van der Waals surface area contributed by atoms with E-state index in [1.54, 1.807) is 4.52 Å². The first-order valence-corrected chi connectivity index (χ1v) is 10.9. The first-order valence-electron chi connectivity index (χ1n) is 10.9. The van der Waals surface area contributed by atoms with E-state index >= 15 is 0 Å². The molecule has 0 saturated heterocycles. The molecule has 3 aromatic heterocycles.